The van der Waals surface area contributed by atoms with E-state index in [0.717, 1.165) is 19.3 Å². The monoisotopic (exact) mass is 203 g/mol. The number of fused-ring (bicyclic) bond motifs is 1. The van der Waals surface area contributed by atoms with Crippen molar-refractivity contribution >= 4 is 9.84 Å². The van der Waals surface area contributed by atoms with Gasteiger partial charge in [0.2, 0.25) is 0 Å². The van der Waals surface area contributed by atoms with Gasteiger partial charge >= 0.3 is 0 Å². The van der Waals surface area contributed by atoms with Crippen LogP contribution in [0.5, 0.6) is 0 Å². The summed E-state index contributed by atoms with van der Waals surface area (Å²) in [6.07, 6.45) is 5.45. The maximum absolute atomic E-state index is 11.7. The minimum atomic E-state index is -2.79. The minimum absolute atomic E-state index is 0.0556. The highest BCUT2D eigenvalue weighted by Gasteiger charge is 2.43. The lowest BCUT2D eigenvalue weighted by Crippen LogP contribution is -2.31. The average molecular weight is 203 g/mol. The Labute approximate surface area is 80.0 Å². The van der Waals surface area contributed by atoms with Crippen LogP contribution in [-0.4, -0.2) is 37.5 Å². The second-order valence-corrected chi connectivity index (χ2v) is 6.48. The molecule has 1 aliphatic heterocycles. The number of hydrogen-bond acceptors (Lipinski definition) is 3. The Bertz CT molecular complexity index is 286. The zero-order valence-electron chi connectivity index (χ0n) is 8.07. The Balaban J connectivity index is 2.26. The fourth-order valence-corrected chi connectivity index (χ4v) is 4.95. The molecule has 1 heterocycles. The first-order valence-electron chi connectivity index (χ1n) is 5.03. The van der Waals surface area contributed by atoms with Gasteiger partial charge in [0.15, 0.2) is 9.84 Å². The smallest absolute Gasteiger partial charge is 0.167 e. The summed E-state index contributed by atoms with van der Waals surface area (Å²) in [4.78, 5) is 2.02. The zero-order chi connectivity index (χ0) is 9.47. The van der Waals surface area contributed by atoms with Gasteiger partial charge in [0, 0.05) is 6.04 Å². The molecule has 0 N–H and O–H groups in total. The second-order valence-electron chi connectivity index (χ2n) is 4.29. The molecule has 2 aliphatic rings. The average Bonchev–Trinajstić information content (AvgIpc) is 2.28. The normalized spacial score (nSPS) is 39.8. The van der Waals surface area contributed by atoms with Crippen LogP contribution in [0.4, 0.5) is 0 Å². The first kappa shape index (κ1) is 9.46. The maximum atomic E-state index is 11.7. The van der Waals surface area contributed by atoms with E-state index in [0.29, 0.717) is 6.04 Å². The predicted octanol–water partition coefficient (Wildman–Crippen LogP) is 1.01. The number of hydrogen-bond donors (Lipinski definition) is 0. The highest BCUT2D eigenvalue weighted by Crippen LogP contribution is 2.32. The van der Waals surface area contributed by atoms with Crippen molar-refractivity contribution in [2.45, 2.75) is 43.4 Å². The van der Waals surface area contributed by atoms with E-state index in [-0.39, 0.29) is 11.1 Å². The summed E-state index contributed by atoms with van der Waals surface area (Å²) in [5.41, 5.74) is 0. The van der Waals surface area contributed by atoms with E-state index in [2.05, 4.69) is 0 Å². The molecule has 13 heavy (non-hydrogen) atoms. The van der Waals surface area contributed by atoms with Crippen molar-refractivity contribution in [2.24, 2.45) is 0 Å². The van der Waals surface area contributed by atoms with Crippen molar-refractivity contribution in [3.8, 4) is 0 Å². The van der Waals surface area contributed by atoms with E-state index in [4.69, 9.17) is 0 Å². The molecule has 0 bridgehead atoms. The molecular formula is C9H17NO2S. The zero-order valence-corrected chi connectivity index (χ0v) is 8.89. The number of sulfone groups is 1. The lowest BCUT2D eigenvalue weighted by molar-refractivity contribution is 0.284. The van der Waals surface area contributed by atoms with Crippen LogP contribution >= 0.6 is 0 Å². The topological polar surface area (TPSA) is 37.4 Å². The van der Waals surface area contributed by atoms with Crippen LogP contribution < -0.4 is 0 Å². The maximum Gasteiger partial charge on any atom is 0.167 e. The van der Waals surface area contributed by atoms with Gasteiger partial charge in [-0.05, 0) is 19.9 Å². The Hall–Kier alpha value is -0.0900. The van der Waals surface area contributed by atoms with Crippen LogP contribution in [-0.2, 0) is 9.84 Å². The van der Waals surface area contributed by atoms with Gasteiger partial charge in [-0.25, -0.2) is 8.42 Å². The van der Waals surface area contributed by atoms with Gasteiger partial charge in [0.1, 0.15) is 5.88 Å². The molecule has 0 aromatic rings. The molecule has 3 nitrogen and oxygen atoms in total. The van der Waals surface area contributed by atoms with Gasteiger partial charge in [-0.3, -0.25) is 4.90 Å². The van der Waals surface area contributed by atoms with Crippen LogP contribution in [0.1, 0.15) is 32.1 Å². The van der Waals surface area contributed by atoms with Gasteiger partial charge in [-0.1, -0.05) is 19.3 Å². The molecule has 0 spiro atoms. The lowest BCUT2D eigenvalue weighted by atomic mass is 10.1. The second kappa shape index (κ2) is 3.24. The SMILES string of the molecule is CN1CS(=O)(=O)C2CCCCCC21. The molecule has 0 radical (unpaired) electrons. The molecule has 4 heteroatoms. The molecule has 2 atom stereocenters. The van der Waals surface area contributed by atoms with Crippen molar-refractivity contribution in [3.63, 3.8) is 0 Å². The van der Waals surface area contributed by atoms with Gasteiger partial charge in [0.05, 0.1) is 5.25 Å². The highest BCUT2D eigenvalue weighted by atomic mass is 32.2. The van der Waals surface area contributed by atoms with Gasteiger partial charge in [0.25, 0.3) is 0 Å². The summed E-state index contributed by atoms with van der Waals surface area (Å²) in [6.45, 7) is 0. The molecule has 1 saturated carbocycles. The van der Waals surface area contributed by atoms with E-state index >= 15 is 0 Å². The summed E-state index contributed by atoms with van der Waals surface area (Å²) in [6, 6.07) is 0.312. The van der Waals surface area contributed by atoms with Crippen molar-refractivity contribution in [3.05, 3.63) is 0 Å². The van der Waals surface area contributed by atoms with E-state index in [1.807, 2.05) is 11.9 Å². The quantitative estimate of drug-likeness (QED) is 0.589. The summed E-state index contributed by atoms with van der Waals surface area (Å²) in [7, 11) is -0.856. The van der Waals surface area contributed by atoms with Crippen LogP contribution in [0.25, 0.3) is 0 Å². The fourth-order valence-electron chi connectivity index (χ4n) is 2.65. The lowest BCUT2D eigenvalue weighted by Gasteiger charge is -2.19. The largest absolute Gasteiger partial charge is 0.289 e. The van der Waals surface area contributed by atoms with E-state index in [1.165, 1.54) is 12.8 Å². The van der Waals surface area contributed by atoms with Crippen LogP contribution in [0, 0.1) is 0 Å². The Morgan fingerprint density at radius 2 is 1.85 bits per heavy atom. The van der Waals surface area contributed by atoms with Crippen LogP contribution in [0.3, 0.4) is 0 Å². The van der Waals surface area contributed by atoms with Gasteiger partial charge < -0.3 is 0 Å². The van der Waals surface area contributed by atoms with Gasteiger partial charge in [-0.15, -0.1) is 0 Å². The molecular weight excluding hydrogens is 186 g/mol. The van der Waals surface area contributed by atoms with Crippen molar-refractivity contribution < 1.29 is 8.42 Å². The summed E-state index contributed by atoms with van der Waals surface area (Å²) >= 11 is 0. The Morgan fingerprint density at radius 3 is 2.62 bits per heavy atom. The van der Waals surface area contributed by atoms with Crippen molar-refractivity contribution in [2.75, 3.05) is 12.9 Å². The first-order chi connectivity index (χ1) is 6.11. The molecule has 76 valence electrons. The van der Waals surface area contributed by atoms with E-state index in [1.54, 1.807) is 0 Å². The molecule has 0 aromatic heterocycles. The van der Waals surface area contributed by atoms with Crippen LogP contribution in [0.2, 0.25) is 0 Å². The first-order valence-corrected chi connectivity index (χ1v) is 6.74. The van der Waals surface area contributed by atoms with Crippen molar-refractivity contribution in [1.29, 1.82) is 0 Å². The minimum Gasteiger partial charge on any atom is -0.289 e. The Kier molecular flexibility index (Phi) is 2.36. The highest BCUT2D eigenvalue weighted by molar-refractivity contribution is 7.92. The third-order valence-electron chi connectivity index (χ3n) is 3.33. The standard InChI is InChI=1S/C9H17NO2S/c1-10-7-13(11,12)9-6-4-2-3-5-8(9)10/h8-9H,2-7H2,1H3. The molecule has 1 aliphatic carbocycles. The summed E-state index contributed by atoms with van der Waals surface area (Å²) in [5.74, 6) is 0.280. The molecule has 2 fully saturated rings. The summed E-state index contributed by atoms with van der Waals surface area (Å²) in [5, 5.41) is -0.0556. The van der Waals surface area contributed by atoms with Gasteiger partial charge in [-0.2, -0.15) is 0 Å². The summed E-state index contributed by atoms with van der Waals surface area (Å²) < 4.78 is 23.4. The fraction of sp³-hybridized carbons (Fsp3) is 1.00. The predicted molar refractivity (Wildman–Crippen MR) is 52.2 cm³/mol. The number of nitrogens with zero attached hydrogens (tertiary/aromatic N) is 1. The third-order valence-corrected chi connectivity index (χ3v) is 5.57. The van der Waals surface area contributed by atoms with E-state index in [9.17, 15) is 8.42 Å². The Morgan fingerprint density at radius 1 is 1.15 bits per heavy atom. The number of rotatable bonds is 0. The molecule has 2 rings (SSSR count). The molecule has 2 unspecified atom stereocenters. The molecule has 0 amide bonds. The third kappa shape index (κ3) is 1.62. The van der Waals surface area contributed by atoms with Crippen LogP contribution in [0.15, 0.2) is 0 Å². The molecule has 1 saturated heterocycles. The van der Waals surface area contributed by atoms with Crippen molar-refractivity contribution in [1.82, 2.24) is 4.90 Å². The molecule has 0 aromatic carbocycles. The van der Waals surface area contributed by atoms with E-state index < -0.39 is 9.84 Å².